The summed E-state index contributed by atoms with van der Waals surface area (Å²) in [5, 5.41) is 4.62. The summed E-state index contributed by atoms with van der Waals surface area (Å²) >= 11 is 0. The molecule has 0 spiro atoms. The maximum absolute atomic E-state index is 4.93. The van der Waals surface area contributed by atoms with Gasteiger partial charge in [0.05, 0.1) is 5.52 Å². The summed E-state index contributed by atoms with van der Waals surface area (Å²) in [4.78, 5) is 14.7. The van der Waals surface area contributed by atoms with E-state index in [1.54, 1.807) is 18.2 Å². The lowest BCUT2D eigenvalue weighted by molar-refractivity contribution is 0.867. The van der Waals surface area contributed by atoms with Crippen LogP contribution in [-0.2, 0) is 0 Å². The number of fused-ring (bicyclic) bond motifs is 2. The molecule has 68 heavy (non-hydrogen) atoms. The average Bonchev–Trinajstić information content (AvgIpc) is 3.65. The third-order valence-electron chi connectivity index (χ3n) is 11.3. The molecule has 0 fully saturated rings. The number of nitrogens with one attached hydrogen (secondary N) is 1. The Morgan fingerprint density at radius 1 is 0.618 bits per heavy atom. The highest BCUT2D eigenvalue weighted by atomic mass is 15.0. The topological polar surface area (TPSA) is 55.6 Å². The van der Waals surface area contributed by atoms with Gasteiger partial charge >= 0.3 is 0 Å². The van der Waals surface area contributed by atoms with Crippen molar-refractivity contribution < 1.29 is 0 Å². The molecular weight excluding hydrogens is 827 g/mol. The van der Waals surface area contributed by atoms with Crippen LogP contribution in [-0.4, -0.2) is 19.5 Å². The van der Waals surface area contributed by atoms with Crippen LogP contribution in [0.5, 0.6) is 0 Å². The lowest BCUT2D eigenvalue weighted by atomic mass is 9.91. The van der Waals surface area contributed by atoms with Gasteiger partial charge in [-0.1, -0.05) is 223 Å². The number of hydrogen-bond donors (Lipinski definition) is 1. The van der Waals surface area contributed by atoms with E-state index in [2.05, 4.69) is 187 Å². The van der Waals surface area contributed by atoms with Crippen LogP contribution < -0.4 is 5.32 Å². The van der Waals surface area contributed by atoms with Crippen molar-refractivity contribution >= 4 is 28.2 Å². The number of aromatic nitrogens is 4. The van der Waals surface area contributed by atoms with Crippen molar-refractivity contribution in [3.63, 3.8) is 0 Å². The van der Waals surface area contributed by atoms with E-state index in [9.17, 15) is 0 Å². The molecule has 1 aliphatic rings. The van der Waals surface area contributed by atoms with Crippen molar-refractivity contribution in [3.05, 3.63) is 260 Å². The highest BCUT2D eigenvalue weighted by Gasteiger charge is 2.20. The van der Waals surface area contributed by atoms with Crippen LogP contribution in [0.4, 0.5) is 0 Å². The van der Waals surface area contributed by atoms with Crippen LogP contribution in [0.3, 0.4) is 0 Å². The Hall–Kier alpha value is -8.15. The van der Waals surface area contributed by atoms with Crippen molar-refractivity contribution in [1.82, 2.24) is 24.8 Å². The number of rotatable bonds is 9. The van der Waals surface area contributed by atoms with Gasteiger partial charge in [-0.05, 0) is 80.1 Å². The summed E-state index contributed by atoms with van der Waals surface area (Å²) in [5.74, 6) is 2.63. The molecule has 0 radical (unpaired) electrons. The van der Waals surface area contributed by atoms with Gasteiger partial charge in [-0.3, -0.25) is 0 Å². The summed E-state index contributed by atoms with van der Waals surface area (Å²) in [6.07, 6.45) is 14.5. The zero-order chi connectivity index (χ0) is 48.4. The summed E-state index contributed by atoms with van der Waals surface area (Å²) in [6.45, 7) is 27.5. The van der Waals surface area contributed by atoms with Gasteiger partial charge in [0.25, 0.3) is 0 Å². The van der Waals surface area contributed by atoms with E-state index in [1.165, 1.54) is 44.4 Å². The third-order valence-corrected chi connectivity index (χ3v) is 11.3. The molecule has 2 aromatic heterocycles. The molecule has 340 valence electrons. The van der Waals surface area contributed by atoms with Gasteiger partial charge in [0.15, 0.2) is 17.5 Å². The third kappa shape index (κ3) is 12.2. The van der Waals surface area contributed by atoms with Crippen LogP contribution in [0.25, 0.3) is 68.1 Å². The Morgan fingerprint density at radius 3 is 1.69 bits per heavy atom. The highest BCUT2D eigenvalue weighted by Crippen LogP contribution is 2.35. The van der Waals surface area contributed by atoms with Crippen molar-refractivity contribution in [2.45, 2.75) is 53.9 Å². The van der Waals surface area contributed by atoms with Gasteiger partial charge in [0.1, 0.15) is 0 Å². The summed E-state index contributed by atoms with van der Waals surface area (Å²) < 4.78 is 2.32. The maximum Gasteiger partial charge on any atom is 0.164 e. The first kappa shape index (κ1) is 49.3. The second-order valence-corrected chi connectivity index (χ2v) is 16.5. The van der Waals surface area contributed by atoms with Gasteiger partial charge in [-0.2, -0.15) is 0 Å². The molecule has 0 bridgehead atoms. The van der Waals surface area contributed by atoms with Crippen LogP contribution in [0, 0.1) is 13.8 Å². The smallest absolute Gasteiger partial charge is 0.164 e. The quantitative estimate of drug-likeness (QED) is 0.147. The molecule has 0 saturated heterocycles. The molecule has 3 heterocycles. The summed E-state index contributed by atoms with van der Waals surface area (Å²) in [5.41, 5.74) is 15.9. The Balaban J connectivity index is 0.000000207. The SMILES string of the molecule is C/C=C\c1c(C)c2cc(C)ccc2n1-c1cccc(-c2nc(-c3ccccc3)nc(-c3ccccc3)n2)c1.C=C/C=C1\C(=C)N/C(=C\CC)c2ccccc21.C=CC=C.CC(C)c1ccccc1. The molecule has 0 saturated carbocycles. The fraction of sp³-hybridized carbons (Fsp3) is 0.127. The van der Waals surface area contributed by atoms with Gasteiger partial charge in [-0.25, -0.2) is 15.0 Å². The van der Waals surface area contributed by atoms with Gasteiger partial charge < -0.3 is 9.88 Å². The van der Waals surface area contributed by atoms with E-state index in [0.29, 0.717) is 23.4 Å². The molecule has 6 aromatic carbocycles. The van der Waals surface area contributed by atoms with E-state index in [4.69, 9.17) is 15.0 Å². The van der Waals surface area contributed by atoms with Crippen molar-refractivity contribution in [2.24, 2.45) is 0 Å². The minimum absolute atomic E-state index is 0.649. The van der Waals surface area contributed by atoms with Gasteiger partial charge in [-0.15, -0.1) is 0 Å². The molecule has 0 unspecified atom stereocenters. The average molecular weight is 890 g/mol. The zero-order valence-corrected chi connectivity index (χ0v) is 40.5. The molecule has 0 aliphatic carbocycles. The number of nitrogens with zero attached hydrogens (tertiary/aromatic N) is 4. The number of allylic oxidation sites excluding steroid dienone is 7. The molecule has 5 nitrogen and oxygen atoms in total. The Morgan fingerprint density at radius 2 is 1.16 bits per heavy atom. The van der Waals surface area contributed by atoms with Crippen molar-refractivity contribution in [1.29, 1.82) is 0 Å². The zero-order valence-electron chi connectivity index (χ0n) is 40.5. The highest BCUT2D eigenvalue weighted by molar-refractivity contribution is 5.92. The van der Waals surface area contributed by atoms with Crippen molar-refractivity contribution in [2.75, 3.05) is 0 Å². The molecule has 1 aliphatic heterocycles. The molecule has 1 N–H and O–H groups in total. The van der Waals surface area contributed by atoms with Crippen LogP contribution >= 0.6 is 0 Å². The predicted octanol–water partition coefficient (Wildman–Crippen LogP) is 16.8. The monoisotopic (exact) mass is 890 g/mol. The fourth-order valence-electron chi connectivity index (χ4n) is 7.86. The lowest BCUT2D eigenvalue weighted by Gasteiger charge is -2.25. The van der Waals surface area contributed by atoms with E-state index in [1.807, 2.05) is 72.8 Å². The maximum atomic E-state index is 4.93. The fourth-order valence-corrected chi connectivity index (χ4v) is 7.86. The standard InChI is InChI=1S/C34H28N4.C16H17N.C9H12.C4H6/c1-4-12-30-24(3)29-21-23(2)19-20-31(29)38(30)28-18-11-17-27(22-28)34-36-32(25-13-7-5-8-14-25)35-33(37-34)26-15-9-6-10-16-26;1-4-8-13-12(3)17-16(9-5-2)15-11-7-6-10-14(13)15;1-8(2)9-6-4-3-5-7-9;1-3-4-2/h4-22H,1-3H3;4,6-11,17H,1,3,5H2,2H3;3-8H,1-2H3;3-4H,1-2H2/b12-4-;13-8+,16-9-;;. The van der Waals surface area contributed by atoms with E-state index >= 15 is 0 Å². The lowest BCUT2D eigenvalue weighted by Crippen LogP contribution is -2.19. The first-order chi connectivity index (χ1) is 33.1. The number of benzene rings is 6. The van der Waals surface area contributed by atoms with Gasteiger partial charge in [0, 0.05) is 56.0 Å². The molecule has 8 aromatic rings. The van der Waals surface area contributed by atoms with E-state index < -0.39 is 0 Å². The molecule has 9 rings (SSSR count). The first-order valence-electron chi connectivity index (χ1n) is 23.2. The summed E-state index contributed by atoms with van der Waals surface area (Å²) in [7, 11) is 0. The van der Waals surface area contributed by atoms with Crippen LogP contribution in [0.15, 0.2) is 226 Å². The largest absolute Gasteiger partial charge is 0.355 e. The van der Waals surface area contributed by atoms with Crippen LogP contribution in [0.2, 0.25) is 0 Å². The van der Waals surface area contributed by atoms with Gasteiger partial charge in [0.2, 0.25) is 0 Å². The Bertz CT molecular complexity index is 3010. The van der Waals surface area contributed by atoms with E-state index in [0.717, 1.165) is 45.8 Å². The molecule has 0 amide bonds. The molecular formula is C63H63N5. The Labute approximate surface area is 404 Å². The number of hydrogen-bond acceptors (Lipinski definition) is 4. The normalized spacial score (nSPS) is 12.8. The minimum atomic E-state index is 0.649. The first-order valence-corrected chi connectivity index (χ1v) is 23.2. The Kier molecular flexibility index (Phi) is 17.7. The second-order valence-electron chi connectivity index (χ2n) is 16.5. The predicted molar refractivity (Wildman–Crippen MR) is 293 cm³/mol. The number of aryl methyl sites for hydroxylation is 2. The van der Waals surface area contributed by atoms with Crippen LogP contribution in [0.1, 0.15) is 73.5 Å². The molecule has 0 atom stereocenters. The van der Waals surface area contributed by atoms with E-state index in [-0.39, 0.29) is 0 Å². The molecule has 5 heteroatoms. The second kappa shape index (κ2) is 24.4. The van der Waals surface area contributed by atoms with Crippen molar-refractivity contribution in [3.8, 4) is 39.9 Å². The minimum Gasteiger partial charge on any atom is -0.355 e. The summed E-state index contributed by atoms with van der Waals surface area (Å²) in [6, 6.07) is 54.2.